The molecule has 1 unspecified atom stereocenters. The average molecular weight is 500 g/mol. The first-order chi connectivity index (χ1) is 17.5. The summed E-state index contributed by atoms with van der Waals surface area (Å²) >= 11 is 1.32. The Morgan fingerprint density at radius 2 is 1.75 bits per heavy atom. The molecule has 4 aromatic rings. The zero-order valence-corrected chi connectivity index (χ0v) is 20.7. The van der Waals surface area contributed by atoms with Gasteiger partial charge in [-0.05, 0) is 55.5 Å². The van der Waals surface area contributed by atoms with Gasteiger partial charge < -0.3 is 15.0 Å². The van der Waals surface area contributed by atoms with Crippen LogP contribution in [0.5, 0.6) is 5.75 Å². The van der Waals surface area contributed by atoms with Crippen LogP contribution in [0.15, 0.2) is 84.0 Å². The fourth-order valence-corrected chi connectivity index (χ4v) is 5.08. The van der Waals surface area contributed by atoms with Crippen LogP contribution in [0, 0.1) is 0 Å². The summed E-state index contributed by atoms with van der Waals surface area (Å²) in [6.07, 6.45) is 0.229. The standard InChI is InChI=1S/C27H25N5O3S/c1-18-16-24(33)28-22-10-6-7-11-23(22)31(18)25(34)17-36-27-30-29-26(19-12-14-21(35-2)15-13-19)32(27)20-8-4-3-5-9-20/h3-15,18H,16-17H2,1-2H3,(H,28,33). The Hall–Kier alpha value is -4.11. The minimum atomic E-state index is -0.274. The molecule has 0 radical (unpaired) electrons. The highest BCUT2D eigenvalue weighted by molar-refractivity contribution is 7.99. The van der Waals surface area contributed by atoms with Gasteiger partial charge in [0.15, 0.2) is 11.0 Å². The zero-order valence-electron chi connectivity index (χ0n) is 19.9. The number of nitrogens with zero attached hydrogens (tertiary/aromatic N) is 4. The van der Waals surface area contributed by atoms with E-state index < -0.39 is 0 Å². The molecule has 1 aromatic heterocycles. The van der Waals surface area contributed by atoms with Crippen molar-refractivity contribution in [2.75, 3.05) is 23.1 Å². The monoisotopic (exact) mass is 499 g/mol. The van der Waals surface area contributed by atoms with Gasteiger partial charge in [0.1, 0.15) is 5.75 Å². The molecule has 8 nitrogen and oxygen atoms in total. The number of thioether (sulfide) groups is 1. The molecule has 1 aliphatic rings. The Balaban J connectivity index is 1.45. The molecule has 1 aliphatic heterocycles. The molecular formula is C27H25N5O3S. The normalized spacial score (nSPS) is 15.1. The van der Waals surface area contributed by atoms with Gasteiger partial charge in [-0.25, -0.2) is 0 Å². The maximum absolute atomic E-state index is 13.5. The summed E-state index contributed by atoms with van der Waals surface area (Å²) in [5.74, 6) is 1.35. The molecule has 0 spiro atoms. The number of benzene rings is 3. The van der Waals surface area contributed by atoms with E-state index in [1.165, 1.54) is 11.8 Å². The predicted molar refractivity (Wildman–Crippen MR) is 141 cm³/mol. The maximum Gasteiger partial charge on any atom is 0.237 e. The SMILES string of the molecule is COc1ccc(-c2nnc(SCC(=O)N3c4ccccc4NC(=O)CC3C)n2-c2ccccc2)cc1. The van der Waals surface area contributed by atoms with Crippen LogP contribution in [0.1, 0.15) is 13.3 Å². The number of carbonyl (C=O) groups excluding carboxylic acids is 2. The van der Waals surface area contributed by atoms with Crippen molar-refractivity contribution in [3.63, 3.8) is 0 Å². The first kappa shape index (κ1) is 23.6. The Labute approximate surface area is 213 Å². The van der Waals surface area contributed by atoms with Crippen LogP contribution in [0.3, 0.4) is 0 Å². The number of aromatic nitrogens is 3. The van der Waals surface area contributed by atoms with Crippen molar-refractivity contribution in [2.45, 2.75) is 24.5 Å². The van der Waals surface area contributed by atoms with Gasteiger partial charge in [-0.1, -0.05) is 42.1 Å². The van der Waals surface area contributed by atoms with Gasteiger partial charge in [-0.3, -0.25) is 14.2 Å². The number of hydrogen-bond acceptors (Lipinski definition) is 6. The van der Waals surface area contributed by atoms with Gasteiger partial charge >= 0.3 is 0 Å². The highest BCUT2D eigenvalue weighted by atomic mass is 32.2. The lowest BCUT2D eigenvalue weighted by molar-refractivity contribution is -0.117. The summed E-state index contributed by atoms with van der Waals surface area (Å²) < 4.78 is 7.23. The largest absolute Gasteiger partial charge is 0.497 e. The Morgan fingerprint density at radius 3 is 2.50 bits per heavy atom. The first-order valence-corrected chi connectivity index (χ1v) is 12.5. The molecule has 0 aliphatic carbocycles. The molecule has 3 aromatic carbocycles. The Bertz CT molecular complexity index is 1390. The molecule has 0 saturated carbocycles. The number of ether oxygens (including phenoxy) is 1. The third-order valence-corrected chi connectivity index (χ3v) is 6.86. The lowest BCUT2D eigenvalue weighted by atomic mass is 10.2. The minimum absolute atomic E-state index is 0.106. The second kappa shape index (κ2) is 10.2. The molecule has 9 heteroatoms. The molecule has 36 heavy (non-hydrogen) atoms. The number of hydrogen-bond donors (Lipinski definition) is 1. The lowest BCUT2D eigenvalue weighted by Crippen LogP contribution is -2.40. The Morgan fingerprint density at radius 1 is 1.03 bits per heavy atom. The number of rotatable bonds is 6. The van der Waals surface area contributed by atoms with E-state index >= 15 is 0 Å². The van der Waals surface area contributed by atoms with E-state index in [4.69, 9.17) is 4.74 Å². The Kier molecular flexibility index (Phi) is 6.73. The molecule has 0 fully saturated rings. The number of fused-ring (bicyclic) bond motifs is 1. The van der Waals surface area contributed by atoms with Crippen molar-refractivity contribution in [1.29, 1.82) is 0 Å². The number of carbonyl (C=O) groups is 2. The van der Waals surface area contributed by atoms with Crippen molar-refractivity contribution < 1.29 is 14.3 Å². The van der Waals surface area contributed by atoms with Crippen LogP contribution in [0.2, 0.25) is 0 Å². The highest BCUT2D eigenvalue weighted by Crippen LogP contribution is 2.33. The van der Waals surface area contributed by atoms with E-state index in [1.807, 2.05) is 90.4 Å². The molecule has 2 amide bonds. The van der Waals surface area contributed by atoms with Gasteiger partial charge in [0.05, 0.1) is 24.2 Å². The lowest BCUT2D eigenvalue weighted by Gasteiger charge is -2.27. The number of para-hydroxylation sites is 3. The number of methoxy groups -OCH3 is 1. The van der Waals surface area contributed by atoms with Crippen LogP contribution in [0.25, 0.3) is 17.1 Å². The van der Waals surface area contributed by atoms with Crippen molar-refractivity contribution in [1.82, 2.24) is 14.8 Å². The number of nitrogens with one attached hydrogen (secondary N) is 1. The maximum atomic E-state index is 13.5. The van der Waals surface area contributed by atoms with Crippen LogP contribution in [0.4, 0.5) is 11.4 Å². The van der Waals surface area contributed by atoms with Crippen molar-refractivity contribution in [3.8, 4) is 22.8 Å². The fraction of sp³-hybridized carbons (Fsp3) is 0.185. The summed E-state index contributed by atoms with van der Waals surface area (Å²) in [6.45, 7) is 1.89. The summed E-state index contributed by atoms with van der Waals surface area (Å²) in [4.78, 5) is 27.5. The van der Waals surface area contributed by atoms with Crippen molar-refractivity contribution in [2.24, 2.45) is 0 Å². The van der Waals surface area contributed by atoms with Crippen molar-refractivity contribution in [3.05, 3.63) is 78.9 Å². The highest BCUT2D eigenvalue weighted by Gasteiger charge is 2.30. The van der Waals surface area contributed by atoms with E-state index in [2.05, 4.69) is 15.5 Å². The van der Waals surface area contributed by atoms with Crippen LogP contribution < -0.4 is 15.0 Å². The molecule has 0 bridgehead atoms. The molecule has 5 rings (SSSR count). The van der Waals surface area contributed by atoms with E-state index in [1.54, 1.807) is 12.0 Å². The van der Waals surface area contributed by atoms with Crippen LogP contribution in [-0.2, 0) is 9.59 Å². The van der Waals surface area contributed by atoms with Crippen molar-refractivity contribution >= 4 is 35.0 Å². The van der Waals surface area contributed by atoms with E-state index in [0.717, 1.165) is 17.0 Å². The van der Waals surface area contributed by atoms with Gasteiger partial charge in [0, 0.05) is 23.7 Å². The topological polar surface area (TPSA) is 89.4 Å². The van der Waals surface area contributed by atoms with Crippen LogP contribution in [-0.4, -0.2) is 45.5 Å². The molecular weight excluding hydrogens is 474 g/mol. The van der Waals surface area contributed by atoms with Crippen LogP contribution >= 0.6 is 11.8 Å². The van der Waals surface area contributed by atoms with Gasteiger partial charge in [-0.15, -0.1) is 10.2 Å². The predicted octanol–water partition coefficient (Wildman–Crippen LogP) is 4.80. The molecule has 182 valence electrons. The number of anilines is 2. The van der Waals surface area contributed by atoms with Gasteiger partial charge in [-0.2, -0.15) is 0 Å². The second-order valence-electron chi connectivity index (χ2n) is 8.38. The van der Waals surface area contributed by atoms with Gasteiger partial charge in [0.25, 0.3) is 0 Å². The van der Waals surface area contributed by atoms with E-state index in [0.29, 0.717) is 22.4 Å². The number of amides is 2. The smallest absolute Gasteiger partial charge is 0.237 e. The summed E-state index contributed by atoms with van der Waals surface area (Å²) in [5.41, 5.74) is 3.11. The van der Waals surface area contributed by atoms with Gasteiger partial charge in [0.2, 0.25) is 11.8 Å². The third kappa shape index (κ3) is 4.70. The average Bonchev–Trinajstić information content (AvgIpc) is 3.27. The molecule has 0 saturated heterocycles. The summed E-state index contributed by atoms with van der Waals surface area (Å²) in [7, 11) is 1.63. The van der Waals surface area contributed by atoms with E-state index in [9.17, 15) is 9.59 Å². The first-order valence-electron chi connectivity index (χ1n) is 11.5. The summed E-state index contributed by atoms with van der Waals surface area (Å²) in [5, 5.41) is 12.4. The quantitative estimate of drug-likeness (QED) is 0.384. The molecule has 1 N–H and O–H groups in total. The molecule has 1 atom stereocenters. The zero-order chi connectivity index (χ0) is 25.1. The molecule has 2 heterocycles. The second-order valence-corrected chi connectivity index (χ2v) is 9.32. The fourth-order valence-electron chi connectivity index (χ4n) is 4.26. The third-order valence-electron chi connectivity index (χ3n) is 5.95. The minimum Gasteiger partial charge on any atom is -0.497 e. The summed E-state index contributed by atoms with van der Waals surface area (Å²) in [6, 6.07) is 24.5. The van der Waals surface area contributed by atoms with E-state index in [-0.39, 0.29) is 30.0 Å².